The Bertz CT molecular complexity index is 672. The van der Waals surface area contributed by atoms with E-state index in [1.807, 2.05) is 12.1 Å². The highest BCUT2D eigenvalue weighted by atomic mass is 35.5. The van der Waals surface area contributed by atoms with Crippen LogP contribution in [0.2, 0.25) is 5.02 Å². The lowest BCUT2D eigenvalue weighted by molar-refractivity contribution is 0.174. The maximum atomic E-state index is 6.32. The molecule has 0 fully saturated rings. The van der Waals surface area contributed by atoms with Crippen molar-refractivity contribution in [1.29, 1.82) is 0 Å². The van der Waals surface area contributed by atoms with Crippen molar-refractivity contribution < 1.29 is 9.47 Å². The Morgan fingerprint density at radius 2 is 1.90 bits per heavy atom. The zero-order chi connectivity index (χ0) is 13.5. The molecule has 0 saturated carbocycles. The highest BCUT2D eigenvalue weighted by Crippen LogP contribution is 2.42. The van der Waals surface area contributed by atoms with E-state index in [2.05, 4.69) is 29.6 Å². The fourth-order valence-corrected chi connectivity index (χ4v) is 3.13. The van der Waals surface area contributed by atoms with Gasteiger partial charge >= 0.3 is 0 Å². The third-order valence-corrected chi connectivity index (χ3v) is 4.24. The van der Waals surface area contributed by atoms with Gasteiger partial charge in [0.1, 0.15) is 0 Å². The summed E-state index contributed by atoms with van der Waals surface area (Å²) in [5, 5.41) is 4.19. The molecule has 1 heterocycles. The number of ether oxygens (including phenoxy) is 2. The van der Waals surface area contributed by atoms with Crippen molar-refractivity contribution in [3.05, 3.63) is 52.5 Å². The van der Waals surface area contributed by atoms with E-state index in [1.54, 1.807) is 0 Å². The van der Waals surface area contributed by atoms with Crippen LogP contribution in [0.1, 0.15) is 23.6 Å². The van der Waals surface area contributed by atoms with Crippen molar-refractivity contribution in [2.24, 2.45) is 0 Å². The first-order chi connectivity index (χ1) is 9.81. The molecule has 0 spiro atoms. The molecule has 1 atom stereocenters. The predicted molar refractivity (Wildman–Crippen MR) is 78.7 cm³/mol. The van der Waals surface area contributed by atoms with Crippen LogP contribution in [-0.2, 0) is 6.42 Å². The number of hydrogen-bond donors (Lipinski definition) is 1. The van der Waals surface area contributed by atoms with Crippen LogP contribution in [-0.4, -0.2) is 6.79 Å². The number of rotatable bonds is 2. The molecule has 1 aliphatic heterocycles. The third kappa shape index (κ3) is 1.90. The number of hydrogen-bond acceptors (Lipinski definition) is 3. The zero-order valence-electron chi connectivity index (χ0n) is 10.9. The highest BCUT2D eigenvalue weighted by molar-refractivity contribution is 6.33. The molecule has 1 aliphatic carbocycles. The van der Waals surface area contributed by atoms with Crippen LogP contribution >= 0.6 is 11.6 Å². The number of benzene rings is 2. The molecule has 0 bridgehead atoms. The van der Waals surface area contributed by atoms with E-state index in [9.17, 15) is 0 Å². The summed E-state index contributed by atoms with van der Waals surface area (Å²) in [6.07, 6.45) is 2.19. The second-order valence-corrected chi connectivity index (χ2v) is 5.53. The Balaban J connectivity index is 1.64. The van der Waals surface area contributed by atoms with Gasteiger partial charge in [-0.3, -0.25) is 0 Å². The molecular formula is C16H14ClNO2. The first-order valence-electron chi connectivity index (χ1n) is 6.75. The maximum Gasteiger partial charge on any atom is 0.231 e. The average molecular weight is 288 g/mol. The molecule has 2 aliphatic rings. The second kappa shape index (κ2) is 4.60. The standard InChI is InChI=1S/C16H14ClNO2/c17-12-7-15-16(20-9-19-15)8-14(12)18-13-6-5-10-3-1-2-4-11(10)13/h1-4,7-8,13,18H,5-6,9H2. The van der Waals surface area contributed by atoms with Crippen LogP contribution in [0.25, 0.3) is 0 Å². The summed E-state index contributed by atoms with van der Waals surface area (Å²) in [4.78, 5) is 0. The summed E-state index contributed by atoms with van der Waals surface area (Å²) in [7, 11) is 0. The van der Waals surface area contributed by atoms with Gasteiger partial charge in [-0.2, -0.15) is 0 Å². The lowest BCUT2D eigenvalue weighted by atomic mass is 10.1. The lowest BCUT2D eigenvalue weighted by Gasteiger charge is -2.17. The van der Waals surface area contributed by atoms with Crippen molar-refractivity contribution in [2.75, 3.05) is 12.1 Å². The van der Waals surface area contributed by atoms with Gasteiger partial charge in [-0.1, -0.05) is 35.9 Å². The zero-order valence-corrected chi connectivity index (χ0v) is 11.6. The number of aryl methyl sites for hydroxylation is 1. The minimum atomic E-state index is 0.265. The SMILES string of the molecule is Clc1cc2c(cc1NC1CCc3ccccc31)OCO2. The third-order valence-electron chi connectivity index (χ3n) is 3.92. The molecule has 0 aromatic heterocycles. The summed E-state index contributed by atoms with van der Waals surface area (Å²) < 4.78 is 10.7. The van der Waals surface area contributed by atoms with Gasteiger partial charge in [-0.25, -0.2) is 0 Å². The highest BCUT2D eigenvalue weighted by Gasteiger charge is 2.24. The van der Waals surface area contributed by atoms with Gasteiger partial charge in [0.15, 0.2) is 11.5 Å². The summed E-state index contributed by atoms with van der Waals surface area (Å²) in [6.45, 7) is 0.265. The van der Waals surface area contributed by atoms with E-state index in [1.165, 1.54) is 11.1 Å². The number of nitrogens with one attached hydrogen (secondary N) is 1. The Labute approximate surface area is 122 Å². The van der Waals surface area contributed by atoms with E-state index >= 15 is 0 Å². The Morgan fingerprint density at radius 3 is 2.80 bits per heavy atom. The molecule has 0 amide bonds. The predicted octanol–water partition coefficient (Wildman–Crippen LogP) is 4.17. The number of halogens is 1. The smallest absolute Gasteiger partial charge is 0.231 e. The van der Waals surface area contributed by atoms with E-state index in [0.29, 0.717) is 16.8 Å². The van der Waals surface area contributed by atoms with E-state index < -0.39 is 0 Å². The maximum absolute atomic E-state index is 6.32. The van der Waals surface area contributed by atoms with Gasteiger partial charge in [0.05, 0.1) is 16.8 Å². The normalized spacial score (nSPS) is 18.9. The van der Waals surface area contributed by atoms with E-state index in [0.717, 1.165) is 24.3 Å². The first kappa shape index (κ1) is 11.9. The summed E-state index contributed by atoms with van der Waals surface area (Å²) >= 11 is 6.32. The second-order valence-electron chi connectivity index (χ2n) is 5.12. The molecule has 102 valence electrons. The van der Waals surface area contributed by atoms with Crippen LogP contribution in [0.15, 0.2) is 36.4 Å². The largest absolute Gasteiger partial charge is 0.454 e. The fourth-order valence-electron chi connectivity index (χ4n) is 2.92. The minimum absolute atomic E-state index is 0.265. The lowest BCUT2D eigenvalue weighted by Crippen LogP contribution is -2.07. The molecule has 3 nitrogen and oxygen atoms in total. The van der Waals surface area contributed by atoms with Crippen LogP contribution in [0, 0.1) is 0 Å². The van der Waals surface area contributed by atoms with Crippen LogP contribution in [0.5, 0.6) is 11.5 Å². The van der Waals surface area contributed by atoms with Gasteiger partial charge in [0.25, 0.3) is 0 Å². The van der Waals surface area contributed by atoms with Crippen molar-refractivity contribution in [1.82, 2.24) is 0 Å². The first-order valence-corrected chi connectivity index (χ1v) is 7.12. The molecule has 4 heteroatoms. The topological polar surface area (TPSA) is 30.5 Å². The van der Waals surface area contributed by atoms with Gasteiger partial charge in [0, 0.05) is 12.1 Å². The summed E-state index contributed by atoms with van der Waals surface area (Å²) in [6, 6.07) is 12.6. The molecule has 0 radical (unpaired) electrons. The Kier molecular flexibility index (Phi) is 2.74. The summed E-state index contributed by atoms with van der Waals surface area (Å²) in [5.74, 6) is 1.47. The molecule has 2 aromatic rings. The Morgan fingerprint density at radius 1 is 1.10 bits per heavy atom. The molecule has 1 unspecified atom stereocenters. The summed E-state index contributed by atoms with van der Waals surface area (Å²) in [5.41, 5.74) is 3.68. The average Bonchev–Trinajstić information content (AvgIpc) is 3.06. The van der Waals surface area contributed by atoms with Crippen LogP contribution < -0.4 is 14.8 Å². The van der Waals surface area contributed by atoms with E-state index in [-0.39, 0.29) is 6.79 Å². The monoisotopic (exact) mass is 287 g/mol. The van der Waals surface area contributed by atoms with Gasteiger partial charge < -0.3 is 14.8 Å². The Hall–Kier alpha value is -1.87. The van der Waals surface area contributed by atoms with Crippen molar-refractivity contribution in [2.45, 2.75) is 18.9 Å². The molecule has 2 aromatic carbocycles. The van der Waals surface area contributed by atoms with Gasteiger partial charge in [-0.15, -0.1) is 0 Å². The van der Waals surface area contributed by atoms with Crippen molar-refractivity contribution in [3.8, 4) is 11.5 Å². The van der Waals surface area contributed by atoms with Gasteiger partial charge in [-0.05, 0) is 24.0 Å². The molecule has 1 N–H and O–H groups in total. The molecular weight excluding hydrogens is 274 g/mol. The van der Waals surface area contributed by atoms with Gasteiger partial charge in [0.2, 0.25) is 6.79 Å². The van der Waals surface area contributed by atoms with Crippen LogP contribution in [0.4, 0.5) is 5.69 Å². The van der Waals surface area contributed by atoms with Crippen molar-refractivity contribution in [3.63, 3.8) is 0 Å². The van der Waals surface area contributed by atoms with E-state index in [4.69, 9.17) is 21.1 Å². The molecule has 4 rings (SSSR count). The quantitative estimate of drug-likeness (QED) is 0.899. The van der Waals surface area contributed by atoms with Crippen molar-refractivity contribution >= 4 is 17.3 Å². The molecule has 20 heavy (non-hydrogen) atoms. The molecule has 0 saturated heterocycles. The number of anilines is 1. The van der Waals surface area contributed by atoms with Crippen LogP contribution in [0.3, 0.4) is 0 Å². The minimum Gasteiger partial charge on any atom is -0.454 e. The fraction of sp³-hybridized carbons (Fsp3) is 0.250. The number of fused-ring (bicyclic) bond motifs is 2.